The SMILES string of the molecule is Cc1cc(C)c(C(=O)N2CCN/C(=N\C(=N)c3ccccc3)C2)cc1CN1CCN(c2ccccc2C#N)CC1. The third-order valence-electron chi connectivity index (χ3n) is 7.68. The maximum Gasteiger partial charge on any atom is 0.254 e. The molecule has 204 valence electrons. The Bertz CT molecular complexity index is 1470. The lowest BCUT2D eigenvalue weighted by molar-refractivity contribution is 0.0771. The average molecular weight is 534 g/mol. The Hall–Kier alpha value is -4.48. The van der Waals surface area contributed by atoms with E-state index in [1.54, 1.807) is 0 Å². The summed E-state index contributed by atoms with van der Waals surface area (Å²) in [5.74, 6) is 0.814. The van der Waals surface area contributed by atoms with Gasteiger partial charge in [0.1, 0.15) is 11.9 Å². The first-order valence-corrected chi connectivity index (χ1v) is 13.7. The van der Waals surface area contributed by atoms with E-state index in [2.05, 4.69) is 45.2 Å². The number of rotatable bonds is 5. The van der Waals surface area contributed by atoms with Gasteiger partial charge >= 0.3 is 0 Å². The highest BCUT2D eigenvalue weighted by Gasteiger charge is 2.25. The normalized spacial score (nSPS) is 16.9. The van der Waals surface area contributed by atoms with Gasteiger partial charge in [-0.2, -0.15) is 5.26 Å². The van der Waals surface area contributed by atoms with Gasteiger partial charge in [0.2, 0.25) is 0 Å². The first-order chi connectivity index (χ1) is 19.4. The number of nitrogens with one attached hydrogen (secondary N) is 2. The summed E-state index contributed by atoms with van der Waals surface area (Å²) in [6.07, 6.45) is 0. The molecular weight excluding hydrogens is 498 g/mol. The molecule has 0 aliphatic carbocycles. The summed E-state index contributed by atoms with van der Waals surface area (Å²) in [7, 11) is 0. The van der Waals surface area contributed by atoms with Crippen LogP contribution in [0.5, 0.6) is 0 Å². The van der Waals surface area contributed by atoms with Crippen molar-refractivity contribution < 1.29 is 4.79 Å². The Morgan fingerprint density at radius 1 is 0.975 bits per heavy atom. The largest absolute Gasteiger partial charge is 0.370 e. The lowest BCUT2D eigenvalue weighted by Gasteiger charge is -2.36. The quantitative estimate of drug-likeness (QED) is 0.382. The van der Waals surface area contributed by atoms with Gasteiger partial charge in [-0.3, -0.25) is 15.1 Å². The molecule has 0 spiro atoms. The fourth-order valence-electron chi connectivity index (χ4n) is 5.39. The monoisotopic (exact) mass is 533 g/mol. The molecule has 2 heterocycles. The number of piperazine rings is 2. The molecular formula is C32H35N7O. The molecule has 2 N–H and O–H groups in total. The van der Waals surface area contributed by atoms with Crippen molar-refractivity contribution in [2.45, 2.75) is 20.4 Å². The first kappa shape index (κ1) is 27.1. The van der Waals surface area contributed by atoms with E-state index in [0.29, 0.717) is 31.0 Å². The Labute approximate surface area is 236 Å². The van der Waals surface area contributed by atoms with Gasteiger partial charge in [0, 0.05) is 56.9 Å². The van der Waals surface area contributed by atoms with Gasteiger partial charge in [0.15, 0.2) is 5.84 Å². The molecule has 5 rings (SSSR count). The number of amides is 1. The third kappa shape index (κ3) is 6.05. The zero-order valence-corrected chi connectivity index (χ0v) is 23.2. The van der Waals surface area contributed by atoms with Crippen LogP contribution in [0.4, 0.5) is 5.69 Å². The second kappa shape index (κ2) is 12.1. The molecule has 8 heteroatoms. The second-order valence-corrected chi connectivity index (χ2v) is 10.4. The van der Waals surface area contributed by atoms with Crippen LogP contribution in [0.2, 0.25) is 0 Å². The van der Waals surface area contributed by atoms with Gasteiger partial charge in [0.25, 0.3) is 5.91 Å². The molecule has 0 atom stereocenters. The smallest absolute Gasteiger partial charge is 0.254 e. The average Bonchev–Trinajstić information content (AvgIpc) is 2.99. The van der Waals surface area contributed by atoms with Crippen LogP contribution in [0.1, 0.15) is 38.2 Å². The van der Waals surface area contributed by atoms with E-state index in [1.807, 2.05) is 66.4 Å². The van der Waals surface area contributed by atoms with Gasteiger partial charge in [-0.25, -0.2) is 4.99 Å². The van der Waals surface area contributed by atoms with Crippen molar-refractivity contribution in [3.63, 3.8) is 0 Å². The van der Waals surface area contributed by atoms with E-state index < -0.39 is 0 Å². The molecule has 0 bridgehead atoms. The number of aryl methyl sites for hydroxylation is 2. The summed E-state index contributed by atoms with van der Waals surface area (Å²) in [5, 5.41) is 21.1. The summed E-state index contributed by atoms with van der Waals surface area (Å²) in [6, 6.07) is 23.7. The zero-order valence-electron chi connectivity index (χ0n) is 23.2. The number of para-hydroxylation sites is 1. The second-order valence-electron chi connectivity index (χ2n) is 10.4. The number of carbonyl (C=O) groups excluding carboxylic acids is 1. The molecule has 2 saturated heterocycles. The van der Waals surface area contributed by atoms with E-state index in [-0.39, 0.29) is 11.7 Å². The molecule has 0 unspecified atom stereocenters. The Kier molecular flexibility index (Phi) is 8.23. The summed E-state index contributed by atoms with van der Waals surface area (Å²) in [4.78, 5) is 24.7. The van der Waals surface area contributed by atoms with E-state index in [1.165, 1.54) is 5.56 Å². The predicted molar refractivity (Wildman–Crippen MR) is 159 cm³/mol. The highest BCUT2D eigenvalue weighted by Crippen LogP contribution is 2.24. The lowest BCUT2D eigenvalue weighted by Crippen LogP contribution is -2.50. The lowest BCUT2D eigenvalue weighted by atomic mass is 9.98. The molecule has 3 aromatic rings. The first-order valence-electron chi connectivity index (χ1n) is 13.7. The summed E-state index contributed by atoms with van der Waals surface area (Å²) in [6.45, 7) is 9.92. The summed E-state index contributed by atoms with van der Waals surface area (Å²) in [5.41, 5.74) is 6.50. The van der Waals surface area contributed by atoms with Gasteiger partial charge < -0.3 is 15.1 Å². The number of nitriles is 1. The van der Waals surface area contributed by atoms with Crippen LogP contribution >= 0.6 is 0 Å². The van der Waals surface area contributed by atoms with Crippen LogP contribution in [-0.4, -0.2) is 73.2 Å². The Morgan fingerprint density at radius 3 is 2.45 bits per heavy atom. The minimum absolute atomic E-state index is 0.00267. The minimum Gasteiger partial charge on any atom is -0.370 e. The van der Waals surface area contributed by atoms with Crippen LogP contribution in [0.15, 0.2) is 71.7 Å². The van der Waals surface area contributed by atoms with Gasteiger partial charge in [-0.05, 0) is 48.7 Å². The van der Waals surface area contributed by atoms with Crippen molar-refractivity contribution >= 4 is 23.3 Å². The van der Waals surface area contributed by atoms with Crippen molar-refractivity contribution in [2.24, 2.45) is 4.99 Å². The zero-order chi connectivity index (χ0) is 28.1. The van der Waals surface area contributed by atoms with Crippen molar-refractivity contribution in [2.75, 3.05) is 50.7 Å². The fraction of sp³-hybridized carbons (Fsp3) is 0.312. The molecule has 40 heavy (non-hydrogen) atoms. The number of aliphatic imine (C=N–C) groups is 1. The number of anilines is 1. The molecule has 3 aromatic carbocycles. The number of carbonyl (C=O) groups is 1. The maximum absolute atomic E-state index is 13.7. The topological polar surface area (TPSA) is 98.8 Å². The highest BCUT2D eigenvalue weighted by molar-refractivity contribution is 6.07. The Morgan fingerprint density at radius 2 is 1.70 bits per heavy atom. The van der Waals surface area contributed by atoms with E-state index in [4.69, 9.17) is 5.41 Å². The van der Waals surface area contributed by atoms with Crippen LogP contribution in [0, 0.1) is 30.6 Å². The highest BCUT2D eigenvalue weighted by atomic mass is 16.2. The molecule has 0 aromatic heterocycles. The van der Waals surface area contributed by atoms with E-state index in [9.17, 15) is 10.1 Å². The van der Waals surface area contributed by atoms with Gasteiger partial charge in [-0.1, -0.05) is 48.5 Å². The van der Waals surface area contributed by atoms with E-state index >= 15 is 0 Å². The van der Waals surface area contributed by atoms with Crippen LogP contribution < -0.4 is 10.2 Å². The van der Waals surface area contributed by atoms with Crippen LogP contribution in [0.3, 0.4) is 0 Å². The molecule has 2 aliphatic heterocycles. The third-order valence-corrected chi connectivity index (χ3v) is 7.68. The molecule has 0 saturated carbocycles. The molecule has 2 aliphatic rings. The number of benzene rings is 3. The van der Waals surface area contributed by atoms with Gasteiger partial charge in [-0.15, -0.1) is 0 Å². The summed E-state index contributed by atoms with van der Waals surface area (Å²) < 4.78 is 0. The van der Waals surface area contributed by atoms with Crippen molar-refractivity contribution in [3.8, 4) is 6.07 Å². The number of hydrogen-bond acceptors (Lipinski definition) is 5. The predicted octanol–water partition coefficient (Wildman–Crippen LogP) is 3.97. The van der Waals surface area contributed by atoms with Crippen LogP contribution in [-0.2, 0) is 6.54 Å². The minimum atomic E-state index is -0.00267. The molecule has 0 radical (unpaired) electrons. The van der Waals surface area contributed by atoms with Crippen molar-refractivity contribution in [1.82, 2.24) is 15.1 Å². The standard InChI is InChI=1S/C32H35N7O/c1-23-18-24(2)28(32(40)39-13-12-35-30(22-39)36-31(34)25-8-4-3-5-9-25)19-27(23)21-37-14-16-38(17-15-37)29-11-7-6-10-26(29)20-33/h3-11,18-19H,12-17,21-22H2,1-2H3,(H2,34,35,36). The summed E-state index contributed by atoms with van der Waals surface area (Å²) >= 11 is 0. The number of hydrogen-bond donors (Lipinski definition) is 2. The molecule has 2 fully saturated rings. The van der Waals surface area contributed by atoms with Crippen molar-refractivity contribution in [1.29, 1.82) is 10.7 Å². The van der Waals surface area contributed by atoms with Crippen LogP contribution in [0.25, 0.3) is 0 Å². The van der Waals surface area contributed by atoms with E-state index in [0.717, 1.165) is 60.7 Å². The van der Waals surface area contributed by atoms with Crippen molar-refractivity contribution in [3.05, 3.63) is 100 Å². The van der Waals surface area contributed by atoms with Gasteiger partial charge in [0.05, 0.1) is 17.8 Å². The number of amidine groups is 2. The number of nitrogens with zero attached hydrogens (tertiary/aromatic N) is 5. The maximum atomic E-state index is 13.7. The fourth-order valence-corrected chi connectivity index (χ4v) is 5.39. The molecule has 8 nitrogen and oxygen atoms in total. The Balaban J connectivity index is 1.26. The molecule has 1 amide bonds.